The number of nitrogens with zero attached hydrogens (tertiary/aromatic N) is 3. The first-order valence-electron chi connectivity index (χ1n) is 6.42. The van der Waals surface area contributed by atoms with Crippen molar-refractivity contribution >= 4 is 0 Å². The van der Waals surface area contributed by atoms with E-state index in [1.54, 1.807) is 6.20 Å². The van der Waals surface area contributed by atoms with Gasteiger partial charge in [-0.2, -0.15) is 5.10 Å². The molecule has 0 saturated heterocycles. The first kappa shape index (κ1) is 12.8. The molecule has 96 valence electrons. The van der Waals surface area contributed by atoms with Crippen LogP contribution in [-0.2, 0) is 19.5 Å². The van der Waals surface area contributed by atoms with Gasteiger partial charge in [-0.15, -0.1) is 0 Å². The summed E-state index contributed by atoms with van der Waals surface area (Å²) in [5.41, 5.74) is 3.60. The summed E-state index contributed by atoms with van der Waals surface area (Å²) in [7, 11) is 0. The first-order valence-corrected chi connectivity index (χ1v) is 6.42. The largest absolute Gasteiger partial charge is 0.311 e. The Morgan fingerprint density at radius 3 is 3.00 bits per heavy atom. The maximum absolute atomic E-state index is 4.43. The summed E-state index contributed by atoms with van der Waals surface area (Å²) >= 11 is 0. The number of hydrogen-bond donors (Lipinski definition) is 1. The van der Waals surface area contributed by atoms with Crippen molar-refractivity contribution in [3.05, 3.63) is 47.5 Å². The molecule has 0 aliphatic carbocycles. The van der Waals surface area contributed by atoms with Crippen molar-refractivity contribution < 1.29 is 0 Å². The summed E-state index contributed by atoms with van der Waals surface area (Å²) in [6.07, 6.45) is 4.73. The standard InChI is InChI=1S/C14H20N4/c1-3-18-14(9-12(2)17-18)11-16-8-6-13-5-4-7-15-10-13/h4-5,7,9-10,16H,3,6,8,11H2,1-2H3. The predicted molar refractivity (Wildman–Crippen MR) is 72.3 cm³/mol. The van der Waals surface area contributed by atoms with Crippen LogP contribution < -0.4 is 5.32 Å². The summed E-state index contributed by atoms with van der Waals surface area (Å²) in [5.74, 6) is 0. The minimum absolute atomic E-state index is 0.870. The zero-order valence-electron chi connectivity index (χ0n) is 11.1. The van der Waals surface area contributed by atoms with Crippen molar-refractivity contribution in [3.63, 3.8) is 0 Å². The number of rotatable bonds is 6. The van der Waals surface area contributed by atoms with Crippen LogP contribution >= 0.6 is 0 Å². The fraction of sp³-hybridized carbons (Fsp3) is 0.429. The van der Waals surface area contributed by atoms with E-state index in [-0.39, 0.29) is 0 Å². The fourth-order valence-electron chi connectivity index (χ4n) is 2.01. The van der Waals surface area contributed by atoms with Crippen molar-refractivity contribution in [1.29, 1.82) is 0 Å². The van der Waals surface area contributed by atoms with Gasteiger partial charge in [-0.25, -0.2) is 0 Å². The van der Waals surface area contributed by atoms with E-state index in [0.29, 0.717) is 0 Å². The van der Waals surface area contributed by atoms with Crippen LogP contribution in [0.15, 0.2) is 30.6 Å². The number of nitrogens with one attached hydrogen (secondary N) is 1. The summed E-state index contributed by atoms with van der Waals surface area (Å²) < 4.78 is 2.05. The Hall–Kier alpha value is -1.68. The van der Waals surface area contributed by atoms with Crippen molar-refractivity contribution in [2.24, 2.45) is 0 Å². The highest BCUT2D eigenvalue weighted by molar-refractivity contribution is 5.10. The number of aromatic nitrogens is 3. The summed E-state index contributed by atoms with van der Waals surface area (Å²) in [4.78, 5) is 4.11. The maximum Gasteiger partial charge on any atom is 0.0597 e. The molecule has 1 N–H and O–H groups in total. The van der Waals surface area contributed by atoms with E-state index in [0.717, 1.165) is 31.7 Å². The molecule has 0 aliphatic heterocycles. The van der Waals surface area contributed by atoms with Crippen LogP contribution in [0.1, 0.15) is 23.9 Å². The molecule has 0 aromatic carbocycles. The lowest BCUT2D eigenvalue weighted by Crippen LogP contribution is -2.19. The molecule has 2 rings (SSSR count). The van der Waals surface area contributed by atoms with Gasteiger partial charge in [-0.1, -0.05) is 6.07 Å². The minimum atomic E-state index is 0.870. The number of aryl methyl sites for hydroxylation is 2. The Balaban J connectivity index is 1.78. The second-order valence-electron chi connectivity index (χ2n) is 4.38. The molecule has 4 nitrogen and oxygen atoms in total. The normalized spacial score (nSPS) is 10.8. The van der Waals surface area contributed by atoms with Crippen LogP contribution in [0.25, 0.3) is 0 Å². The van der Waals surface area contributed by atoms with E-state index in [4.69, 9.17) is 0 Å². The molecule has 0 fully saturated rings. The van der Waals surface area contributed by atoms with Crippen LogP contribution in [0.4, 0.5) is 0 Å². The highest BCUT2D eigenvalue weighted by Gasteiger charge is 2.02. The molecule has 2 aromatic rings. The molecule has 0 atom stereocenters. The van der Waals surface area contributed by atoms with Gasteiger partial charge in [0.05, 0.1) is 11.4 Å². The zero-order chi connectivity index (χ0) is 12.8. The summed E-state index contributed by atoms with van der Waals surface area (Å²) in [6, 6.07) is 6.22. The molecule has 2 heterocycles. The van der Waals surface area contributed by atoms with Gasteiger partial charge >= 0.3 is 0 Å². The quantitative estimate of drug-likeness (QED) is 0.790. The monoisotopic (exact) mass is 244 g/mol. The van der Waals surface area contributed by atoms with Gasteiger partial charge in [0.15, 0.2) is 0 Å². The lowest BCUT2D eigenvalue weighted by molar-refractivity contribution is 0.580. The average molecular weight is 244 g/mol. The third-order valence-electron chi connectivity index (χ3n) is 2.90. The van der Waals surface area contributed by atoms with E-state index in [1.165, 1.54) is 11.3 Å². The van der Waals surface area contributed by atoms with Crippen LogP contribution in [-0.4, -0.2) is 21.3 Å². The molecule has 0 unspecified atom stereocenters. The topological polar surface area (TPSA) is 42.7 Å². The fourth-order valence-corrected chi connectivity index (χ4v) is 2.01. The summed E-state index contributed by atoms with van der Waals surface area (Å²) in [5, 5.41) is 7.88. The molecule has 4 heteroatoms. The van der Waals surface area contributed by atoms with Crippen molar-refractivity contribution in [2.45, 2.75) is 33.4 Å². The van der Waals surface area contributed by atoms with E-state index in [2.05, 4.69) is 34.5 Å². The van der Waals surface area contributed by atoms with E-state index < -0.39 is 0 Å². The SMILES string of the molecule is CCn1nc(C)cc1CNCCc1cccnc1. The number of hydrogen-bond acceptors (Lipinski definition) is 3. The predicted octanol–water partition coefficient (Wildman–Crippen LogP) is 1.94. The van der Waals surface area contributed by atoms with Crippen molar-refractivity contribution in [1.82, 2.24) is 20.1 Å². The van der Waals surface area contributed by atoms with Crippen LogP contribution in [0, 0.1) is 6.92 Å². The highest BCUT2D eigenvalue weighted by Crippen LogP contribution is 2.03. The van der Waals surface area contributed by atoms with Crippen LogP contribution in [0.5, 0.6) is 0 Å². The second-order valence-corrected chi connectivity index (χ2v) is 4.38. The lowest BCUT2D eigenvalue weighted by Gasteiger charge is -2.06. The van der Waals surface area contributed by atoms with E-state index in [9.17, 15) is 0 Å². The molecule has 2 aromatic heterocycles. The first-order chi connectivity index (χ1) is 8.79. The molecular formula is C14H20N4. The Bertz CT molecular complexity index is 476. The molecular weight excluding hydrogens is 224 g/mol. The molecule has 0 spiro atoms. The lowest BCUT2D eigenvalue weighted by atomic mass is 10.2. The smallest absolute Gasteiger partial charge is 0.0597 e. The maximum atomic E-state index is 4.43. The van der Waals surface area contributed by atoms with Gasteiger partial charge in [0.1, 0.15) is 0 Å². The van der Waals surface area contributed by atoms with E-state index in [1.807, 2.05) is 23.9 Å². The molecule has 0 saturated carbocycles. The molecule has 0 amide bonds. The molecule has 0 radical (unpaired) electrons. The zero-order valence-corrected chi connectivity index (χ0v) is 11.1. The van der Waals surface area contributed by atoms with Gasteiger partial charge in [-0.05, 0) is 44.5 Å². The molecule has 0 bridgehead atoms. The van der Waals surface area contributed by atoms with Gasteiger partial charge in [0, 0.05) is 25.5 Å². The Kier molecular flexibility index (Phi) is 4.47. The summed E-state index contributed by atoms with van der Waals surface area (Å²) in [6.45, 7) is 6.90. The second kappa shape index (κ2) is 6.31. The Morgan fingerprint density at radius 1 is 1.39 bits per heavy atom. The molecule has 18 heavy (non-hydrogen) atoms. The highest BCUT2D eigenvalue weighted by atomic mass is 15.3. The van der Waals surface area contributed by atoms with Crippen molar-refractivity contribution in [3.8, 4) is 0 Å². The van der Waals surface area contributed by atoms with Gasteiger partial charge in [0.25, 0.3) is 0 Å². The molecule has 0 aliphatic rings. The van der Waals surface area contributed by atoms with Crippen LogP contribution in [0.2, 0.25) is 0 Å². The minimum Gasteiger partial charge on any atom is -0.311 e. The van der Waals surface area contributed by atoms with Gasteiger partial charge in [-0.3, -0.25) is 9.67 Å². The van der Waals surface area contributed by atoms with Gasteiger partial charge < -0.3 is 5.32 Å². The van der Waals surface area contributed by atoms with Crippen molar-refractivity contribution in [2.75, 3.05) is 6.54 Å². The third-order valence-corrected chi connectivity index (χ3v) is 2.90. The van der Waals surface area contributed by atoms with Crippen LogP contribution in [0.3, 0.4) is 0 Å². The Labute approximate surface area is 108 Å². The average Bonchev–Trinajstić information content (AvgIpc) is 2.76. The third kappa shape index (κ3) is 3.40. The van der Waals surface area contributed by atoms with E-state index >= 15 is 0 Å². The number of pyridine rings is 1. The van der Waals surface area contributed by atoms with Gasteiger partial charge in [0.2, 0.25) is 0 Å². The Morgan fingerprint density at radius 2 is 2.28 bits per heavy atom.